The van der Waals surface area contributed by atoms with Crippen molar-refractivity contribution in [2.75, 3.05) is 0 Å². The van der Waals surface area contributed by atoms with E-state index in [-0.39, 0.29) is 11.9 Å². The Kier molecular flexibility index (Phi) is 5.32. The molecule has 1 amide bonds. The van der Waals surface area contributed by atoms with Crippen LogP contribution in [0.15, 0.2) is 66.7 Å². The molecule has 29 heavy (non-hydrogen) atoms. The van der Waals surface area contributed by atoms with Crippen LogP contribution in [0, 0.1) is 0 Å². The van der Waals surface area contributed by atoms with Crippen LogP contribution in [0.1, 0.15) is 30.8 Å². The van der Waals surface area contributed by atoms with Crippen LogP contribution in [0.3, 0.4) is 0 Å². The number of amides is 1. The smallest absolute Gasteiger partial charge is 0.270 e. The van der Waals surface area contributed by atoms with Crippen molar-refractivity contribution in [1.82, 2.24) is 19.9 Å². The van der Waals surface area contributed by atoms with Gasteiger partial charge in [0.15, 0.2) is 5.65 Å². The molecule has 0 saturated heterocycles. The lowest BCUT2D eigenvalue weighted by molar-refractivity contribution is 0.0931. The quantitative estimate of drug-likeness (QED) is 0.494. The van der Waals surface area contributed by atoms with Gasteiger partial charge in [0.2, 0.25) is 0 Å². The average Bonchev–Trinajstić information content (AvgIpc) is 3.18. The average molecular weight is 405 g/mol. The van der Waals surface area contributed by atoms with E-state index >= 15 is 0 Å². The largest absolute Gasteiger partial charge is 0.348 e. The number of rotatable bonds is 5. The second-order valence-corrected chi connectivity index (χ2v) is 7.36. The highest BCUT2D eigenvalue weighted by atomic mass is 35.5. The van der Waals surface area contributed by atoms with Crippen molar-refractivity contribution < 1.29 is 4.79 Å². The summed E-state index contributed by atoms with van der Waals surface area (Å²) < 4.78 is 1.60. The first-order valence-corrected chi connectivity index (χ1v) is 9.96. The fraction of sp³-hybridized carbons (Fsp3) is 0.174. The zero-order valence-corrected chi connectivity index (χ0v) is 17.0. The lowest BCUT2D eigenvalue weighted by Crippen LogP contribution is -2.33. The maximum Gasteiger partial charge on any atom is 0.270 e. The number of halogens is 1. The molecule has 0 saturated carbocycles. The summed E-state index contributed by atoms with van der Waals surface area (Å²) in [5.74, 6) is -0.192. The number of carbonyl (C=O) groups is 1. The Morgan fingerprint density at radius 2 is 1.79 bits per heavy atom. The van der Waals surface area contributed by atoms with Gasteiger partial charge in [-0.05, 0) is 25.5 Å². The minimum Gasteiger partial charge on any atom is -0.348 e. The Balaban J connectivity index is 1.90. The topological polar surface area (TPSA) is 59.3 Å². The molecule has 2 aromatic heterocycles. The van der Waals surface area contributed by atoms with Crippen LogP contribution >= 0.6 is 11.6 Å². The third kappa shape index (κ3) is 3.87. The van der Waals surface area contributed by atoms with Crippen molar-refractivity contribution >= 4 is 23.2 Å². The van der Waals surface area contributed by atoms with Gasteiger partial charge in [0.25, 0.3) is 5.91 Å². The molecule has 5 nitrogen and oxygen atoms in total. The molecule has 0 radical (unpaired) electrons. The molecule has 0 aliphatic carbocycles. The van der Waals surface area contributed by atoms with Crippen LogP contribution in [0.4, 0.5) is 0 Å². The van der Waals surface area contributed by atoms with Gasteiger partial charge in [-0.1, -0.05) is 67.1 Å². The summed E-state index contributed by atoms with van der Waals surface area (Å²) in [7, 11) is 0. The van der Waals surface area contributed by atoms with E-state index < -0.39 is 0 Å². The van der Waals surface area contributed by atoms with E-state index in [1.807, 2.05) is 74.5 Å². The minimum atomic E-state index is -0.192. The van der Waals surface area contributed by atoms with Crippen LogP contribution < -0.4 is 5.32 Å². The number of benzene rings is 2. The molecule has 0 unspecified atom stereocenters. The molecule has 2 heterocycles. The van der Waals surface area contributed by atoms with Gasteiger partial charge in [-0.25, -0.2) is 9.50 Å². The summed E-state index contributed by atoms with van der Waals surface area (Å²) in [6.45, 7) is 4.01. The summed E-state index contributed by atoms with van der Waals surface area (Å²) in [5, 5.41) is 8.26. The van der Waals surface area contributed by atoms with Crippen molar-refractivity contribution in [3.63, 3.8) is 0 Å². The zero-order chi connectivity index (χ0) is 20.4. The maximum atomic E-state index is 13.0. The molecule has 0 spiro atoms. The van der Waals surface area contributed by atoms with Crippen LogP contribution in [0.2, 0.25) is 5.02 Å². The fourth-order valence-electron chi connectivity index (χ4n) is 3.09. The number of fused-ring (bicyclic) bond motifs is 1. The van der Waals surface area contributed by atoms with E-state index in [1.165, 1.54) is 0 Å². The van der Waals surface area contributed by atoms with E-state index in [2.05, 4.69) is 10.4 Å². The lowest BCUT2D eigenvalue weighted by atomic mass is 10.1. The highest BCUT2D eigenvalue weighted by Crippen LogP contribution is 2.28. The monoisotopic (exact) mass is 404 g/mol. The predicted octanol–water partition coefficient (Wildman–Crippen LogP) is 5.25. The third-order valence-electron chi connectivity index (χ3n) is 4.87. The Bertz CT molecular complexity index is 1170. The van der Waals surface area contributed by atoms with Gasteiger partial charge in [0.1, 0.15) is 5.69 Å². The number of nitrogens with zero attached hydrogens (tertiary/aromatic N) is 3. The van der Waals surface area contributed by atoms with Crippen LogP contribution in [0.25, 0.3) is 28.2 Å². The molecular weight excluding hydrogens is 384 g/mol. The summed E-state index contributed by atoms with van der Waals surface area (Å²) in [5.41, 5.74) is 4.15. The van der Waals surface area contributed by atoms with Crippen molar-refractivity contribution in [3.05, 3.63) is 77.4 Å². The van der Waals surface area contributed by atoms with E-state index in [1.54, 1.807) is 10.6 Å². The van der Waals surface area contributed by atoms with Gasteiger partial charge in [0.05, 0.1) is 11.4 Å². The van der Waals surface area contributed by atoms with Gasteiger partial charge in [-0.2, -0.15) is 5.10 Å². The molecule has 0 bridgehead atoms. The molecular formula is C23H21ClN4O. The molecule has 2 aromatic carbocycles. The molecule has 1 N–H and O–H groups in total. The van der Waals surface area contributed by atoms with Gasteiger partial charge in [-0.15, -0.1) is 0 Å². The van der Waals surface area contributed by atoms with Crippen molar-refractivity contribution in [1.29, 1.82) is 0 Å². The Hall–Kier alpha value is -3.18. The Labute approximate surface area is 174 Å². The standard InChI is InChI=1S/C23H21ClN4O/c1-3-15(2)25-23(29)21-13-20(17-11-7-8-12-18(17)24)26-22-14-19(27-28(21)22)16-9-5-4-6-10-16/h4-15H,3H2,1-2H3,(H,25,29)/t15-/m1/s1. The molecule has 0 fully saturated rings. The van der Waals surface area contributed by atoms with Crippen molar-refractivity contribution in [3.8, 4) is 22.5 Å². The van der Waals surface area contributed by atoms with Gasteiger partial charge in [-0.3, -0.25) is 4.79 Å². The summed E-state index contributed by atoms with van der Waals surface area (Å²) >= 11 is 6.39. The first-order valence-electron chi connectivity index (χ1n) is 9.59. The lowest BCUT2D eigenvalue weighted by Gasteiger charge is -2.13. The Morgan fingerprint density at radius 3 is 2.52 bits per heavy atom. The van der Waals surface area contributed by atoms with E-state index in [0.29, 0.717) is 22.1 Å². The predicted molar refractivity (Wildman–Crippen MR) is 116 cm³/mol. The normalized spacial score (nSPS) is 12.1. The summed E-state index contributed by atoms with van der Waals surface area (Å²) in [6.07, 6.45) is 0.839. The molecule has 4 aromatic rings. The third-order valence-corrected chi connectivity index (χ3v) is 5.20. The van der Waals surface area contributed by atoms with Crippen molar-refractivity contribution in [2.45, 2.75) is 26.3 Å². The number of hydrogen-bond acceptors (Lipinski definition) is 3. The van der Waals surface area contributed by atoms with Crippen LogP contribution in [-0.2, 0) is 0 Å². The summed E-state index contributed by atoms with van der Waals surface area (Å²) in [6, 6.07) is 21.0. The van der Waals surface area contributed by atoms with E-state index in [9.17, 15) is 4.79 Å². The first kappa shape index (κ1) is 19.2. The molecule has 4 rings (SSSR count). The van der Waals surface area contributed by atoms with E-state index in [0.717, 1.165) is 23.2 Å². The molecule has 0 aliphatic heterocycles. The van der Waals surface area contributed by atoms with Crippen LogP contribution in [-0.4, -0.2) is 26.5 Å². The number of hydrogen-bond donors (Lipinski definition) is 1. The number of aromatic nitrogens is 3. The molecule has 146 valence electrons. The van der Waals surface area contributed by atoms with Crippen molar-refractivity contribution in [2.24, 2.45) is 0 Å². The summed E-state index contributed by atoms with van der Waals surface area (Å²) in [4.78, 5) is 17.7. The number of nitrogens with one attached hydrogen (secondary N) is 1. The second kappa shape index (κ2) is 8.05. The highest BCUT2D eigenvalue weighted by molar-refractivity contribution is 6.33. The SMILES string of the molecule is CC[C@@H](C)NC(=O)c1cc(-c2ccccc2Cl)nc2cc(-c3ccccc3)nn12. The zero-order valence-electron chi connectivity index (χ0n) is 16.3. The highest BCUT2D eigenvalue weighted by Gasteiger charge is 2.19. The second-order valence-electron chi connectivity index (χ2n) is 6.95. The Morgan fingerprint density at radius 1 is 1.07 bits per heavy atom. The van der Waals surface area contributed by atoms with Gasteiger partial charge in [0, 0.05) is 28.3 Å². The molecule has 6 heteroatoms. The minimum absolute atomic E-state index is 0.0543. The van der Waals surface area contributed by atoms with Gasteiger partial charge >= 0.3 is 0 Å². The first-order chi connectivity index (χ1) is 14.1. The van der Waals surface area contributed by atoms with Gasteiger partial charge < -0.3 is 5.32 Å². The molecule has 1 atom stereocenters. The molecule has 0 aliphatic rings. The number of carbonyl (C=O) groups excluding carboxylic acids is 1. The fourth-order valence-corrected chi connectivity index (χ4v) is 3.33. The van der Waals surface area contributed by atoms with E-state index in [4.69, 9.17) is 16.6 Å². The van der Waals surface area contributed by atoms with Crippen LogP contribution in [0.5, 0.6) is 0 Å². The maximum absolute atomic E-state index is 13.0.